The number of amides is 1. The van der Waals surface area contributed by atoms with E-state index in [-0.39, 0.29) is 22.1 Å². The van der Waals surface area contributed by atoms with E-state index in [0.29, 0.717) is 26.1 Å². The van der Waals surface area contributed by atoms with E-state index in [2.05, 4.69) is 10.3 Å². The molecular weight excluding hydrogens is 402 g/mol. The molecule has 0 aliphatic rings. The lowest BCUT2D eigenvalue weighted by Gasteiger charge is -2.20. The fourth-order valence-electron chi connectivity index (χ4n) is 3.47. The third kappa shape index (κ3) is 4.34. The normalized spacial score (nSPS) is 11.7. The summed E-state index contributed by atoms with van der Waals surface area (Å²) >= 11 is 0. The number of benzene rings is 2. The van der Waals surface area contributed by atoms with E-state index in [0.717, 1.165) is 16.5 Å². The number of nitrogens with zero attached hydrogens (tertiary/aromatic N) is 1. The molecule has 1 heterocycles. The van der Waals surface area contributed by atoms with E-state index in [9.17, 15) is 13.2 Å². The minimum Gasteiger partial charge on any atom is -0.495 e. The monoisotopic (exact) mass is 429 g/mol. The van der Waals surface area contributed by atoms with Crippen LogP contribution in [0.1, 0.15) is 29.8 Å². The van der Waals surface area contributed by atoms with Gasteiger partial charge < -0.3 is 15.0 Å². The van der Waals surface area contributed by atoms with Gasteiger partial charge in [0.05, 0.1) is 7.11 Å². The lowest BCUT2D eigenvalue weighted by atomic mass is 10.1. The van der Waals surface area contributed by atoms with Crippen LogP contribution >= 0.6 is 0 Å². The molecule has 0 saturated heterocycles. The number of fused-ring (bicyclic) bond motifs is 1. The van der Waals surface area contributed by atoms with Crippen LogP contribution in [-0.4, -0.2) is 50.4 Å². The number of aromatic nitrogens is 1. The molecule has 0 fully saturated rings. The minimum absolute atomic E-state index is 0.00187. The molecule has 0 spiro atoms. The summed E-state index contributed by atoms with van der Waals surface area (Å²) in [6.07, 6.45) is 2.61. The third-order valence-corrected chi connectivity index (χ3v) is 7.17. The summed E-state index contributed by atoms with van der Waals surface area (Å²) in [4.78, 5) is 15.9. The first kappa shape index (κ1) is 21.9. The molecule has 3 aromatic rings. The Morgan fingerprint density at radius 1 is 1.13 bits per heavy atom. The molecule has 2 N–H and O–H groups in total. The van der Waals surface area contributed by atoms with Gasteiger partial charge >= 0.3 is 0 Å². The van der Waals surface area contributed by atoms with Gasteiger partial charge in [-0.05, 0) is 36.2 Å². The van der Waals surface area contributed by atoms with Gasteiger partial charge in [-0.2, -0.15) is 4.31 Å². The summed E-state index contributed by atoms with van der Waals surface area (Å²) in [5.41, 5.74) is 2.45. The van der Waals surface area contributed by atoms with Crippen molar-refractivity contribution in [2.75, 3.05) is 26.7 Å². The number of methoxy groups -OCH3 is 1. The highest BCUT2D eigenvalue weighted by molar-refractivity contribution is 7.89. The minimum atomic E-state index is -3.76. The average molecular weight is 430 g/mol. The number of hydrogen-bond acceptors (Lipinski definition) is 4. The van der Waals surface area contributed by atoms with Gasteiger partial charge in [0, 0.05) is 42.3 Å². The maximum absolute atomic E-state index is 13.0. The van der Waals surface area contributed by atoms with Crippen LogP contribution in [0.2, 0.25) is 0 Å². The second-order valence-electron chi connectivity index (χ2n) is 6.82. The Hall–Kier alpha value is -2.84. The molecular formula is C22H27N3O4S. The number of rotatable bonds is 9. The highest BCUT2D eigenvalue weighted by Crippen LogP contribution is 2.28. The Balaban J connectivity index is 1.76. The molecule has 160 valence electrons. The van der Waals surface area contributed by atoms with Gasteiger partial charge in [-0.25, -0.2) is 8.42 Å². The predicted octanol–water partition coefficient (Wildman–Crippen LogP) is 3.18. The zero-order valence-electron chi connectivity index (χ0n) is 17.4. The lowest BCUT2D eigenvalue weighted by molar-refractivity contribution is 0.0954. The molecule has 1 aromatic heterocycles. The van der Waals surface area contributed by atoms with Gasteiger partial charge in [0.15, 0.2) is 0 Å². The third-order valence-electron chi connectivity index (χ3n) is 5.10. The molecule has 0 aliphatic carbocycles. The predicted molar refractivity (Wildman–Crippen MR) is 117 cm³/mol. The molecule has 0 unspecified atom stereocenters. The Kier molecular flexibility index (Phi) is 6.79. The SMILES string of the molecule is CCN(CC)S(=O)(=O)c1cc(C(=O)NCCc2c[nH]c3ccccc23)ccc1OC. The number of H-pyrrole nitrogens is 1. The van der Waals surface area contributed by atoms with Crippen LogP contribution in [0, 0.1) is 0 Å². The van der Waals surface area contributed by atoms with E-state index >= 15 is 0 Å². The van der Waals surface area contributed by atoms with Gasteiger partial charge in [0.2, 0.25) is 10.0 Å². The van der Waals surface area contributed by atoms with E-state index in [1.165, 1.54) is 23.5 Å². The number of nitrogens with one attached hydrogen (secondary N) is 2. The molecule has 0 aliphatic heterocycles. The van der Waals surface area contributed by atoms with Crippen LogP contribution in [0.15, 0.2) is 53.6 Å². The number of sulfonamides is 1. The van der Waals surface area contributed by atoms with Crippen molar-refractivity contribution in [1.29, 1.82) is 0 Å². The summed E-state index contributed by atoms with van der Waals surface area (Å²) < 4.78 is 32.5. The summed E-state index contributed by atoms with van der Waals surface area (Å²) in [6.45, 7) is 4.65. The van der Waals surface area contributed by atoms with Gasteiger partial charge in [-0.15, -0.1) is 0 Å². The number of carbonyl (C=O) groups excluding carboxylic acids is 1. The lowest BCUT2D eigenvalue weighted by Crippen LogP contribution is -2.31. The highest BCUT2D eigenvalue weighted by atomic mass is 32.2. The van der Waals surface area contributed by atoms with Crippen LogP contribution in [0.25, 0.3) is 10.9 Å². The number of aromatic amines is 1. The summed E-state index contributed by atoms with van der Waals surface area (Å²) in [7, 11) is -2.34. The summed E-state index contributed by atoms with van der Waals surface area (Å²) in [6, 6.07) is 12.5. The molecule has 2 aromatic carbocycles. The number of carbonyl (C=O) groups is 1. The van der Waals surface area contributed by atoms with Crippen LogP contribution in [0.4, 0.5) is 0 Å². The van der Waals surface area contributed by atoms with Crippen molar-refractivity contribution in [2.24, 2.45) is 0 Å². The van der Waals surface area contributed by atoms with Crippen molar-refractivity contribution < 1.29 is 17.9 Å². The van der Waals surface area contributed by atoms with Gasteiger partial charge in [-0.1, -0.05) is 32.0 Å². The first-order valence-corrected chi connectivity index (χ1v) is 11.4. The Morgan fingerprint density at radius 2 is 1.87 bits per heavy atom. The first-order valence-electron chi connectivity index (χ1n) is 9.93. The fraction of sp³-hybridized carbons (Fsp3) is 0.318. The molecule has 30 heavy (non-hydrogen) atoms. The van der Waals surface area contributed by atoms with Crippen molar-refractivity contribution in [2.45, 2.75) is 25.2 Å². The van der Waals surface area contributed by atoms with Crippen molar-refractivity contribution >= 4 is 26.8 Å². The highest BCUT2D eigenvalue weighted by Gasteiger charge is 2.26. The van der Waals surface area contributed by atoms with Crippen molar-refractivity contribution in [3.63, 3.8) is 0 Å². The molecule has 8 heteroatoms. The van der Waals surface area contributed by atoms with Crippen LogP contribution in [0.3, 0.4) is 0 Å². The zero-order valence-corrected chi connectivity index (χ0v) is 18.3. The van der Waals surface area contributed by atoms with Gasteiger partial charge in [0.1, 0.15) is 10.6 Å². The molecule has 1 amide bonds. The molecule has 0 radical (unpaired) electrons. The van der Waals surface area contributed by atoms with E-state index in [1.54, 1.807) is 19.9 Å². The summed E-state index contributed by atoms with van der Waals surface area (Å²) in [5, 5.41) is 4.00. The first-order chi connectivity index (χ1) is 14.4. The Bertz CT molecular complexity index is 1130. The Labute approximate surface area is 177 Å². The number of ether oxygens (including phenoxy) is 1. The second kappa shape index (κ2) is 9.32. The number of para-hydroxylation sites is 1. The van der Waals surface area contributed by atoms with Crippen molar-refractivity contribution in [1.82, 2.24) is 14.6 Å². The van der Waals surface area contributed by atoms with Crippen LogP contribution < -0.4 is 10.1 Å². The van der Waals surface area contributed by atoms with Crippen LogP contribution in [-0.2, 0) is 16.4 Å². The average Bonchev–Trinajstić information content (AvgIpc) is 3.17. The molecule has 0 saturated carbocycles. The fourth-order valence-corrected chi connectivity index (χ4v) is 5.11. The molecule has 0 bridgehead atoms. The smallest absolute Gasteiger partial charge is 0.251 e. The van der Waals surface area contributed by atoms with Gasteiger partial charge in [0.25, 0.3) is 5.91 Å². The number of hydrogen-bond donors (Lipinski definition) is 2. The van der Waals surface area contributed by atoms with Crippen molar-refractivity contribution in [3.05, 3.63) is 59.8 Å². The molecule has 3 rings (SSSR count). The van der Waals surface area contributed by atoms with E-state index in [1.807, 2.05) is 30.5 Å². The van der Waals surface area contributed by atoms with E-state index < -0.39 is 10.0 Å². The summed E-state index contributed by atoms with van der Waals surface area (Å²) in [5.74, 6) is -0.106. The molecule has 7 nitrogen and oxygen atoms in total. The van der Waals surface area contributed by atoms with Gasteiger partial charge in [-0.3, -0.25) is 4.79 Å². The maximum Gasteiger partial charge on any atom is 0.251 e. The quantitative estimate of drug-likeness (QED) is 0.547. The zero-order chi connectivity index (χ0) is 21.7. The standard InChI is InChI=1S/C22H27N3O4S/c1-4-25(5-2)30(27,28)21-14-16(10-11-20(21)29-3)22(26)23-13-12-17-15-24-19-9-7-6-8-18(17)19/h6-11,14-15,24H,4-5,12-13H2,1-3H3,(H,23,26). The Morgan fingerprint density at radius 3 is 2.57 bits per heavy atom. The largest absolute Gasteiger partial charge is 0.495 e. The second-order valence-corrected chi connectivity index (χ2v) is 8.73. The van der Waals surface area contributed by atoms with Crippen molar-refractivity contribution in [3.8, 4) is 5.75 Å². The van der Waals surface area contributed by atoms with E-state index in [4.69, 9.17) is 4.74 Å². The maximum atomic E-state index is 13.0. The van der Waals surface area contributed by atoms with Crippen LogP contribution in [0.5, 0.6) is 5.75 Å². The molecule has 0 atom stereocenters. The topological polar surface area (TPSA) is 91.5 Å².